The van der Waals surface area contributed by atoms with E-state index < -0.39 is 6.10 Å². The first-order chi connectivity index (χ1) is 12.2. The maximum absolute atomic E-state index is 12.1. The van der Waals surface area contributed by atoms with Gasteiger partial charge in [0.2, 0.25) is 0 Å². The van der Waals surface area contributed by atoms with Crippen molar-refractivity contribution in [3.8, 4) is 11.8 Å². The average Bonchev–Trinajstić information content (AvgIpc) is 2.55. The summed E-state index contributed by atoms with van der Waals surface area (Å²) in [6.45, 7) is 0.220. The Labute approximate surface area is 146 Å². The fraction of sp³-hybridized carbons (Fsp3) is 0.421. The molecule has 0 amide bonds. The summed E-state index contributed by atoms with van der Waals surface area (Å²) in [5, 5.41) is 18.8. The average molecular weight is 339 g/mol. The van der Waals surface area contributed by atoms with Gasteiger partial charge in [-0.1, -0.05) is 18.6 Å². The minimum Gasteiger partial charge on any atom is -0.491 e. The number of hydrogen-bond donors (Lipinski definition) is 1. The summed E-state index contributed by atoms with van der Waals surface area (Å²) in [7, 11) is 0. The number of benzene rings is 1. The van der Waals surface area contributed by atoms with Crippen LogP contribution < -0.4 is 10.3 Å². The number of nitriles is 1. The molecule has 1 heterocycles. The van der Waals surface area contributed by atoms with Crippen LogP contribution >= 0.6 is 0 Å². The molecule has 1 aliphatic rings. The van der Waals surface area contributed by atoms with Crippen LogP contribution in [0.15, 0.2) is 41.5 Å². The van der Waals surface area contributed by atoms with E-state index in [1.54, 1.807) is 18.2 Å². The van der Waals surface area contributed by atoms with Crippen molar-refractivity contribution in [1.29, 1.82) is 5.26 Å². The third kappa shape index (κ3) is 4.46. The first kappa shape index (κ1) is 17.2. The molecule has 6 nitrogen and oxygen atoms in total. The summed E-state index contributed by atoms with van der Waals surface area (Å²) in [6.07, 6.45) is 4.45. The Morgan fingerprint density at radius 3 is 2.72 bits per heavy atom. The number of rotatable bonds is 7. The first-order valence-electron chi connectivity index (χ1n) is 8.49. The molecular weight excluding hydrogens is 318 g/mol. The Balaban J connectivity index is 1.52. The summed E-state index contributed by atoms with van der Waals surface area (Å²) in [5.41, 5.74) is 1.63. The fourth-order valence-corrected chi connectivity index (χ4v) is 2.77. The van der Waals surface area contributed by atoms with Gasteiger partial charge in [0.1, 0.15) is 18.5 Å². The van der Waals surface area contributed by atoms with Crippen molar-refractivity contribution in [1.82, 2.24) is 9.55 Å². The van der Waals surface area contributed by atoms with Gasteiger partial charge >= 0.3 is 0 Å². The van der Waals surface area contributed by atoms with Crippen LogP contribution in [0.2, 0.25) is 0 Å². The third-order valence-corrected chi connectivity index (χ3v) is 4.48. The van der Waals surface area contributed by atoms with Gasteiger partial charge in [-0.3, -0.25) is 9.36 Å². The Morgan fingerprint density at radius 2 is 2.12 bits per heavy atom. The van der Waals surface area contributed by atoms with E-state index in [1.807, 2.05) is 12.1 Å². The number of aromatic nitrogens is 2. The quantitative estimate of drug-likeness (QED) is 0.834. The number of aliphatic hydroxyl groups is 1. The zero-order chi connectivity index (χ0) is 17.6. The number of aliphatic hydroxyl groups excluding tert-OH is 1. The molecule has 1 aliphatic carbocycles. The molecular formula is C19H21N3O3. The van der Waals surface area contributed by atoms with Gasteiger partial charge in [0.05, 0.1) is 31.1 Å². The van der Waals surface area contributed by atoms with Crippen LogP contribution in [0.4, 0.5) is 0 Å². The van der Waals surface area contributed by atoms with E-state index in [4.69, 9.17) is 10.00 Å². The van der Waals surface area contributed by atoms with Gasteiger partial charge in [-0.2, -0.15) is 5.26 Å². The highest BCUT2D eigenvalue weighted by Gasteiger charge is 2.21. The standard InChI is InChI=1S/C19H21N3O3/c20-9-8-14-4-6-17(7-5-14)25-12-16(23)11-22-13-21-18(10-19(22)24)15-2-1-3-15/h4-7,10,13,15-16,23H,1-3,8,11-12H2. The van der Waals surface area contributed by atoms with Gasteiger partial charge in [-0.15, -0.1) is 0 Å². The van der Waals surface area contributed by atoms with E-state index in [0.717, 1.165) is 24.1 Å². The monoisotopic (exact) mass is 339 g/mol. The fourth-order valence-electron chi connectivity index (χ4n) is 2.77. The lowest BCUT2D eigenvalue weighted by Gasteiger charge is -2.24. The largest absolute Gasteiger partial charge is 0.491 e. The second kappa shape index (κ2) is 7.95. The molecule has 130 valence electrons. The van der Waals surface area contributed by atoms with E-state index in [0.29, 0.717) is 18.1 Å². The molecule has 6 heteroatoms. The molecule has 0 radical (unpaired) electrons. The summed E-state index contributed by atoms with van der Waals surface area (Å²) < 4.78 is 6.94. The molecule has 1 fully saturated rings. The molecule has 0 bridgehead atoms. The summed E-state index contributed by atoms with van der Waals surface area (Å²) >= 11 is 0. The molecule has 0 aliphatic heterocycles. The Bertz CT molecular complexity index is 804. The summed E-state index contributed by atoms with van der Waals surface area (Å²) in [6, 6.07) is 10.8. The number of nitrogens with zero attached hydrogens (tertiary/aromatic N) is 3. The van der Waals surface area contributed by atoms with E-state index in [2.05, 4.69) is 11.1 Å². The SMILES string of the molecule is N#CCc1ccc(OCC(O)Cn2cnc(C3CCC3)cc2=O)cc1. The van der Waals surface area contributed by atoms with Gasteiger partial charge < -0.3 is 9.84 Å². The molecule has 2 aromatic rings. The molecule has 0 spiro atoms. The van der Waals surface area contributed by atoms with Crippen LogP contribution in [0.1, 0.15) is 36.4 Å². The molecule has 1 unspecified atom stereocenters. The van der Waals surface area contributed by atoms with E-state index in [-0.39, 0.29) is 18.7 Å². The van der Waals surface area contributed by atoms with Crippen molar-refractivity contribution in [2.24, 2.45) is 0 Å². The lowest BCUT2D eigenvalue weighted by atomic mass is 9.83. The summed E-state index contributed by atoms with van der Waals surface area (Å²) in [5.74, 6) is 1.03. The smallest absolute Gasteiger partial charge is 0.253 e. The van der Waals surface area contributed by atoms with Crippen molar-refractivity contribution in [2.45, 2.75) is 44.2 Å². The zero-order valence-electron chi connectivity index (χ0n) is 14.0. The van der Waals surface area contributed by atoms with Crippen molar-refractivity contribution in [2.75, 3.05) is 6.61 Å². The topological polar surface area (TPSA) is 88.1 Å². The molecule has 1 aromatic carbocycles. The summed E-state index contributed by atoms with van der Waals surface area (Å²) in [4.78, 5) is 16.5. The number of hydrogen-bond acceptors (Lipinski definition) is 5. The Kier molecular flexibility index (Phi) is 5.46. The Hall–Kier alpha value is -2.65. The first-order valence-corrected chi connectivity index (χ1v) is 8.49. The van der Waals surface area contributed by atoms with E-state index in [1.165, 1.54) is 17.3 Å². The lowest BCUT2D eigenvalue weighted by Crippen LogP contribution is -2.31. The van der Waals surface area contributed by atoms with Crippen LogP contribution in [-0.2, 0) is 13.0 Å². The maximum Gasteiger partial charge on any atom is 0.253 e. The Morgan fingerprint density at radius 1 is 1.36 bits per heavy atom. The minimum absolute atomic E-state index is 0.0778. The van der Waals surface area contributed by atoms with Gasteiger partial charge in [-0.25, -0.2) is 4.98 Å². The van der Waals surface area contributed by atoms with E-state index in [9.17, 15) is 9.90 Å². The molecule has 1 saturated carbocycles. The van der Waals surface area contributed by atoms with Crippen LogP contribution in [0.3, 0.4) is 0 Å². The minimum atomic E-state index is -0.812. The van der Waals surface area contributed by atoms with Crippen LogP contribution in [0.25, 0.3) is 0 Å². The van der Waals surface area contributed by atoms with Crippen molar-refractivity contribution in [3.05, 3.63) is 58.3 Å². The van der Waals surface area contributed by atoms with E-state index >= 15 is 0 Å². The predicted molar refractivity (Wildman–Crippen MR) is 92.3 cm³/mol. The molecule has 25 heavy (non-hydrogen) atoms. The van der Waals surface area contributed by atoms with Gasteiger partial charge in [0.25, 0.3) is 5.56 Å². The van der Waals surface area contributed by atoms with Gasteiger partial charge in [0, 0.05) is 12.0 Å². The maximum atomic E-state index is 12.1. The lowest BCUT2D eigenvalue weighted by molar-refractivity contribution is 0.0912. The van der Waals surface area contributed by atoms with Gasteiger partial charge in [-0.05, 0) is 30.5 Å². The molecule has 1 N–H and O–H groups in total. The highest BCUT2D eigenvalue weighted by atomic mass is 16.5. The van der Waals surface area contributed by atoms with Crippen molar-refractivity contribution < 1.29 is 9.84 Å². The van der Waals surface area contributed by atoms with Crippen LogP contribution in [0.5, 0.6) is 5.75 Å². The van der Waals surface area contributed by atoms with Crippen LogP contribution in [-0.4, -0.2) is 27.4 Å². The van der Waals surface area contributed by atoms with Crippen LogP contribution in [0, 0.1) is 11.3 Å². The normalized spacial score (nSPS) is 15.2. The molecule has 3 rings (SSSR count). The highest BCUT2D eigenvalue weighted by molar-refractivity contribution is 5.28. The highest BCUT2D eigenvalue weighted by Crippen LogP contribution is 2.34. The zero-order valence-corrected chi connectivity index (χ0v) is 14.0. The molecule has 0 saturated heterocycles. The second-order valence-corrected chi connectivity index (χ2v) is 6.38. The molecule has 1 atom stereocenters. The van der Waals surface area contributed by atoms with Gasteiger partial charge in [0.15, 0.2) is 0 Å². The molecule has 1 aromatic heterocycles. The third-order valence-electron chi connectivity index (χ3n) is 4.48. The van der Waals surface area contributed by atoms with Crippen molar-refractivity contribution in [3.63, 3.8) is 0 Å². The number of ether oxygens (including phenoxy) is 1. The van der Waals surface area contributed by atoms with Crippen molar-refractivity contribution >= 4 is 0 Å². The predicted octanol–water partition coefficient (Wildman–Crippen LogP) is 2.02. The second-order valence-electron chi connectivity index (χ2n) is 6.38.